The van der Waals surface area contributed by atoms with Gasteiger partial charge < -0.3 is 0 Å². The summed E-state index contributed by atoms with van der Waals surface area (Å²) in [5, 5.41) is 5.58. The van der Waals surface area contributed by atoms with E-state index in [0.29, 0.717) is 10.7 Å². The van der Waals surface area contributed by atoms with Crippen molar-refractivity contribution in [1.29, 1.82) is 0 Å². The Hall–Kier alpha value is -1.24. The van der Waals surface area contributed by atoms with Gasteiger partial charge in [-0.05, 0) is 50.0 Å². The number of piperidine rings is 1. The van der Waals surface area contributed by atoms with Gasteiger partial charge in [0.1, 0.15) is 0 Å². The number of carbonyl (C=O) groups excluding carboxylic acids is 1. The number of amides is 1. The maximum absolute atomic E-state index is 12.2. The number of likely N-dealkylation sites (tertiary alicyclic amines) is 1. The van der Waals surface area contributed by atoms with Gasteiger partial charge >= 0.3 is 0 Å². The number of nitrogens with zero attached hydrogens (tertiary/aromatic N) is 2. The van der Waals surface area contributed by atoms with E-state index in [1.165, 1.54) is 24.2 Å². The molecule has 3 rings (SSSR count). The molecule has 1 aliphatic rings. The number of benzene rings is 1. The Kier molecular flexibility index (Phi) is 5.46. The minimum Gasteiger partial charge on any atom is -0.298 e. The highest BCUT2D eigenvalue weighted by Crippen LogP contribution is 2.21. The average molecular weight is 394 g/mol. The van der Waals surface area contributed by atoms with Crippen LogP contribution in [0.25, 0.3) is 0 Å². The van der Waals surface area contributed by atoms with Gasteiger partial charge in [0, 0.05) is 22.0 Å². The van der Waals surface area contributed by atoms with Gasteiger partial charge in [0.25, 0.3) is 5.91 Å². The number of carbonyl (C=O) groups is 1. The van der Waals surface area contributed by atoms with Crippen molar-refractivity contribution in [3.63, 3.8) is 0 Å². The Morgan fingerprint density at radius 3 is 2.96 bits per heavy atom. The van der Waals surface area contributed by atoms with Crippen LogP contribution in [0.5, 0.6) is 0 Å². The number of thiazole rings is 1. The van der Waals surface area contributed by atoms with Crippen LogP contribution < -0.4 is 5.32 Å². The van der Waals surface area contributed by atoms with E-state index in [-0.39, 0.29) is 5.91 Å². The zero-order chi connectivity index (χ0) is 16.2. The molecule has 0 aliphatic carbocycles. The van der Waals surface area contributed by atoms with E-state index in [4.69, 9.17) is 0 Å². The van der Waals surface area contributed by atoms with E-state index in [1.807, 2.05) is 17.5 Å². The highest BCUT2D eigenvalue weighted by atomic mass is 79.9. The van der Waals surface area contributed by atoms with Crippen LogP contribution in [0, 0.1) is 5.92 Å². The largest absolute Gasteiger partial charge is 0.298 e. The van der Waals surface area contributed by atoms with Gasteiger partial charge in [0.2, 0.25) is 0 Å². The zero-order valence-electron chi connectivity index (χ0n) is 13.1. The quantitative estimate of drug-likeness (QED) is 0.837. The van der Waals surface area contributed by atoms with Gasteiger partial charge in [-0.1, -0.05) is 28.9 Å². The fourth-order valence-corrected chi connectivity index (χ4v) is 3.78. The third kappa shape index (κ3) is 4.62. The van der Waals surface area contributed by atoms with Crippen molar-refractivity contribution >= 4 is 38.3 Å². The van der Waals surface area contributed by atoms with Crippen molar-refractivity contribution in [3.8, 4) is 0 Å². The molecule has 0 bridgehead atoms. The number of anilines is 1. The summed E-state index contributed by atoms with van der Waals surface area (Å²) in [5.41, 5.74) is 1.66. The number of rotatable bonds is 4. The summed E-state index contributed by atoms with van der Waals surface area (Å²) < 4.78 is 0.893. The minimum atomic E-state index is -0.126. The van der Waals surface area contributed by atoms with Crippen molar-refractivity contribution in [1.82, 2.24) is 9.88 Å². The van der Waals surface area contributed by atoms with Gasteiger partial charge in [0.05, 0.1) is 5.69 Å². The van der Waals surface area contributed by atoms with Crippen molar-refractivity contribution in [3.05, 3.63) is 45.4 Å². The molecule has 0 spiro atoms. The number of nitrogens with one attached hydrogen (secondary N) is 1. The van der Waals surface area contributed by atoms with Crippen LogP contribution in [-0.2, 0) is 6.54 Å². The maximum Gasteiger partial charge on any atom is 0.257 e. The first-order valence-corrected chi connectivity index (χ1v) is 9.51. The van der Waals surface area contributed by atoms with Crippen LogP contribution in [-0.4, -0.2) is 28.9 Å². The molecule has 0 atom stereocenters. The van der Waals surface area contributed by atoms with E-state index in [9.17, 15) is 4.79 Å². The highest BCUT2D eigenvalue weighted by Gasteiger charge is 2.17. The standard InChI is InChI=1S/C17H20BrN3OS/c1-12-5-7-21(8-6-12)10-15-11-23-17(19-15)20-16(22)13-3-2-4-14(18)9-13/h2-4,9,11-12H,5-8,10H2,1H3,(H,19,20,22). The number of hydrogen-bond donors (Lipinski definition) is 1. The normalized spacial score (nSPS) is 16.4. The molecule has 1 saturated heterocycles. The van der Waals surface area contributed by atoms with Crippen LogP contribution in [0.15, 0.2) is 34.1 Å². The molecular weight excluding hydrogens is 374 g/mol. The molecule has 6 heteroatoms. The molecule has 122 valence electrons. The summed E-state index contributed by atoms with van der Waals surface area (Å²) >= 11 is 4.87. The SMILES string of the molecule is CC1CCN(Cc2csc(NC(=O)c3cccc(Br)c3)n2)CC1. The van der Waals surface area contributed by atoms with Crippen LogP contribution in [0.1, 0.15) is 35.8 Å². The van der Waals surface area contributed by atoms with E-state index in [0.717, 1.165) is 35.7 Å². The molecule has 0 unspecified atom stereocenters. The van der Waals surface area contributed by atoms with Crippen LogP contribution in [0.4, 0.5) is 5.13 Å². The van der Waals surface area contributed by atoms with Gasteiger partial charge in [-0.2, -0.15) is 0 Å². The predicted molar refractivity (Wildman–Crippen MR) is 97.9 cm³/mol. The van der Waals surface area contributed by atoms with Crippen molar-refractivity contribution in [2.75, 3.05) is 18.4 Å². The molecule has 1 amide bonds. The zero-order valence-corrected chi connectivity index (χ0v) is 15.5. The average Bonchev–Trinajstić information content (AvgIpc) is 2.96. The highest BCUT2D eigenvalue weighted by molar-refractivity contribution is 9.10. The number of halogens is 1. The summed E-state index contributed by atoms with van der Waals surface area (Å²) in [6.45, 7) is 5.46. The predicted octanol–water partition coefficient (Wildman–Crippen LogP) is 4.39. The summed E-state index contributed by atoms with van der Waals surface area (Å²) in [6.07, 6.45) is 2.52. The van der Waals surface area contributed by atoms with E-state index in [2.05, 4.69) is 38.1 Å². The first-order chi connectivity index (χ1) is 11.1. The molecule has 1 aromatic heterocycles. The summed E-state index contributed by atoms with van der Waals surface area (Å²) in [6, 6.07) is 7.35. The first kappa shape index (κ1) is 16.6. The van der Waals surface area contributed by atoms with E-state index < -0.39 is 0 Å². The summed E-state index contributed by atoms with van der Waals surface area (Å²) in [4.78, 5) is 19.2. The molecule has 1 fully saturated rings. The third-order valence-electron chi connectivity index (χ3n) is 4.12. The molecule has 4 nitrogen and oxygen atoms in total. The second-order valence-electron chi connectivity index (χ2n) is 6.07. The Morgan fingerprint density at radius 2 is 2.22 bits per heavy atom. The lowest BCUT2D eigenvalue weighted by molar-refractivity contribution is 0.102. The Morgan fingerprint density at radius 1 is 1.43 bits per heavy atom. The van der Waals surface area contributed by atoms with Crippen LogP contribution in [0.2, 0.25) is 0 Å². The second kappa shape index (κ2) is 7.55. The van der Waals surface area contributed by atoms with Crippen molar-refractivity contribution < 1.29 is 4.79 Å². The van der Waals surface area contributed by atoms with Gasteiger partial charge in [-0.3, -0.25) is 15.0 Å². The molecule has 0 radical (unpaired) electrons. The van der Waals surface area contributed by atoms with Crippen LogP contribution in [0.3, 0.4) is 0 Å². The molecule has 23 heavy (non-hydrogen) atoms. The number of aromatic nitrogens is 1. The minimum absolute atomic E-state index is 0.126. The van der Waals surface area contributed by atoms with Gasteiger partial charge in [0.15, 0.2) is 5.13 Å². The lowest BCUT2D eigenvalue weighted by Crippen LogP contribution is -2.32. The summed E-state index contributed by atoms with van der Waals surface area (Å²) in [5.74, 6) is 0.709. The Balaban J connectivity index is 1.58. The smallest absolute Gasteiger partial charge is 0.257 e. The van der Waals surface area contributed by atoms with Gasteiger partial charge in [-0.25, -0.2) is 4.98 Å². The van der Waals surface area contributed by atoms with E-state index in [1.54, 1.807) is 12.1 Å². The molecule has 1 N–H and O–H groups in total. The summed E-state index contributed by atoms with van der Waals surface area (Å²) in [7, 11) is 0. The maximum atomic E-state index is 12.2. The topological polar surface area (TPSA) is 45.2 Å². The first-order valence-electron chi connectivity index (χ1n) is 7.84. The molecule has 2 aromatic rings. The molecule has 2 heterocycles. The molecular formula is C17H20BrN3OS. The Bertz CT molecular complexity index is 680. The molecule has 1 aromatic carbocycles. The van der Waals surface area contributed by atoms with Gasteiger partial charge in [-0.15, -0.1) is 11.3 Å². The molecule has 1 aliphatic heterocycles. The Labute approximate surface area is 149 Å². The van der Waals surface area contributed by atoms with Crippen molar-refractivity contribution in [2.24, 2.45) is 5.92 Å². The number of hydrogen-bond acceptors (Lipinski definition) is 4. The lowest BCUT2D eigenvalue weighted by atomic mass is 9.99. The van der Waals surface area contributed by atoms with Crippen LogP contribution >= 0.6 is 27.3 Å². The van der Waals surface area contributed by atoms with E-state index >= 15 is 0 Å². The fraction of sp³-hybridized carbons (Fsp3) is 0.412. The van der Waals surface area contributed by atoms with Crippen molar-refractivity contribution in [2.45, 2.75) is 26.3 Å². The lowest BCUT2D eigenvalue weighted by Gasteiger charge is -2.29. The fourth-order valence-electron chi connectivity index (χ4n) is 2.69. The second-order valence-corrected chi connectivity index (χ2v) is 7.84. The molecule has 0 saturated carbocycles. The monoisotopic (exact) mass is 393 g/mol. The third-order valence-corrected chi connectivity index (χ3v) is 5.42.